The minimum atomic E-state index is -3.46. The number of carbonyl (C=O) groups is 1. The molecule has 0 heterocycles. The molecule has 0 fully saturated rings. The number of hydrazone groups is 1. The molecule has 3 N–H and O–H groups in total. The Morgan fingerprint density at radius 2 is 1.48 bits per heavy atom. The summed E-state index contributed by atoms with van der Waals surface area (Å²) in [7, 11) is 0.174. The molecule has 0 aliphatic rings. The first-order chi connectivity index (χ1) is 21.0. The number of nitrogens with one attached hydrogen (secondary N) is 1. The van der Waals surface area contributed by atoms with Crippen LogP contribution in [0.25, 0.3) is 0 Å². The topological polar surface area (TPSA) is 144 Å². The minimum Gasteiger partial charge on any atom is -0.0497 e. The number of ether oxygens (including phenoxy) is 1. The van der Waals surface area contributed by atoms with E-state index in [1.54, 1.807) is 30.1 Å². The van der Waals surface area contributed by atoms with E-state index >= 15 is 0 Å². The first kappa shape index (κ1) is 38.4. The molecule has 0 spiro atoms. The van der Waals surface area contributed by atoms with E-state index in [9.17, 15) is 14.6 Å². The molecule has 13 nitrogen and oxygen atoms in total. The fourth-order valence-electron chi connectivity index (χ4n) is 3.88. The van der Waals surface area contributed by atoms with Crippen molar-refractivity contribution in [2.24, 2.45) is 5.10 Å². The molecular formula is C27H47N4O9P3S. The summed E-state index contributed by atoms with van der Waals surface area (Å²) in [6, 6.07) is 15.2. The van der Waals surface area contributed by atoms with E-state index in [1.807, 2.05) is 48.5 Å². The number of hydrogen-bond donors (Lipinski definition) is 3. The summed E-state index contributed by atoms with van der Waals surface area (Å²) in [5, 5.41) is 7.33. The van der Waals surface area contributed by atoms with Crippen LogP contribution in [0.1, 0.15) is 24.0 Å². The van der Waals surface area contributed by atoms with Gasteiger partial charge in [-0.25, -0.2) is 4.78 Å². The van der Waals surface area contributed by atoms with Crippen molar-refractivity contribution in [3.05, 3.63) is 59.7 Å². The number of benzene rings is 2. The summed E-state index contributed by atoms with van der Waals surface area (Å²) >= 11 is 5.53. The Hall–Kier alpha value is -1.79. The van der Waals surface area contributed by atoms with Gasteiger partial charge in [-0.2, -0.15) is 5.10 Å². The Kier molecular flexibility index (Phi) is 17.2. The van der Waals surface area contributed by atoms with Gasteiger partial charge in [0.2, 0.25) is 7.07 Å². The van der Waals surface area contributed by atoms with Crippen molar-refractivity contribution in [2.45, 2.75) is 19.3 Å². The zero-order valence-electron chi connectivity index (χ0n) is 26.1. The molecule has 0 aromatic heterocycles. The van der Waals surface area contributed by atoms with Crippen LogP contribution < -0.4 is 14.6 Å². The number of hydrogen-bond acceptors (Lipinski definition) is 12. The molecule has 1 unspecified atom stereocenters. The number of amides is 1. The maximum atomic E-state index is 12.5. The molecule has 2 aromatic carbocycles. The van der Waals surface area contributed by atoms with E-state index in [0.717, 1.165) is 16.9 Å². The van der Waals surface area contributed by atoms with Crippen LogP contribution in [0.3, 0.4) is 0 Å². The molecule has 0 aliphatic heterocycles. The van der Waals surface area contributed by atoms with Crippen LogP contribution in [0.2, 0.25) is 0 Å². The van der Waals surface area contributed by atoms with Crippen molar-refractivity contribution >= 4 is 46.9 Å². The van der Waals surface area contributed by atoms with Gasteiger partial charge in [0.05, 0.1) is 13.3 Å². The zero-order chi connectivity index (χ0) is 32.6. The predicted molar refractivity (Wildman–Crippen MR) is 183 cm³/mol. The summed E-state index contributed by atoms with van der Waals surface area (Å²) in [6.45, 7) is 0.870. The minimum absolute atomic E-state index is 0.0601. The predicted octanol–water partition coefficient (Wildman–Crippen LogP) is 3.76. The molecule has 44 heavy (non-hydrogen) atoms. The average Bonchev–Trinajstić information content (AvgIpc) is 3.04. The average molecular weight is 697 g/mol. The molecule has 0 bridgehead atoms. The SMILES string of the molecule is COc1ccc(C=NN(C)[PH](=S)Oc2ccc(CCNC(=O)CCCN(C[PH](O)(OC)OC)C[PH](O)(OC)OC)cc2)cc1. The Morgan fingerprint density at radius 1 is 0.932 bits per heavy atom. The monoisotopic (exact) mass is 696 g/mol. The second kappa shape index (κ2) is 19.7. The molecule has 2 rings (SSSR count). The van der Waals surface area contributed by atoms with E-state index in [4.69, 9.17) is 39.2 Å². The van der Waals surface area contributed by atoms with Gasteiger partial charge in [-0.1, -0.05) is 0 Å². The van der Waals surface area contributed by atoms with Gasteiger partial charge in [-0.05, 0) is 41.6 Å². The van der Waals surface area contributed by atoms with Crippen LogP contribution in [0.15, 0.2) is 53.6 Å². The Morgan fingerprint density at radius 3 is 2.00 bits per heavy atom. The summed E-state index contributed by atoms with van der Waals surface area (Å²) < 4.78 is 33.4. The smallest absolute Gasteiger partial charge is 0.0497 e. The second-order valence-electron chi connectivity index (χ2n) is 9.71. The molecule has 250 valence electrons. The number of methoxy groups -OCH3 is 1. The fourth-order valence-corrected chi connectivity index (χ4v) is 7.68. The molecule has 0 saturated heterocycles. The van der Waals surface area contributed by atoms with E-state index in [-0.39, 0.29) is 24.9 Å². The standard InChI is InChI=1S/C27H47N4O9P3S/c1-30(29-20-24-11-13-25(35-2)14-12-24)41(44)40-26-15-9-23(10-16-26)17-18-28-27(32)8-7-19-31(21-42(33,36-3)37-4)22-43(34,38-5)39-6/h9-16,20,33-34,41-43H,7-8,17-19,21-22H2,1-6H3,(H,28,32). The van der Waals surface area contributed by atoms with Gasteiger partial charge in [0.15, 0.2) is 0 Å². The summed E-state index contributed by atoms with van der Waals surface area (Å²) in [5.41, 5.74) is 1.97. The number of rotatable bonds is 21. The normalized spacial score (nSPS) is 13.6. The quantitative estimate of drug-likeness (QED) is 0.0994. The van der Waals surface area contributed by atoms with E-state index in [2.05, 4.69) is 10.4 Å². The van der Waals surface area contributed by atoms with Crippen LogP contribution in [-0.4, -0.2) is 99.8 Å². The third kappa shape index (κ3) is 13.7. The van der Waals surface area contributed by atoms with Crippen LogP contribution in [-0.2, 0) is 41.1 Å². The zero-order valence-corrected chi connectivity index (χ0v) is 30.0. The van der Waals surface area contributed by atoms with Crippen molar-refractivity contribution in [3.63, 3.8) is 0 Å². The fraction of sp³-hybridized carbons (Fsp3) is 0.481. The van der Waals surface area contributed by atoms with Gasteiger partial charge < -0.3 is 9.26 Å². The first-order valence-corrected chi connectivity index (χ1v) is 20.3. The Labute approximate surface area is 267 Å². The van der Waals surface area contributed by atoms with Crippen molar-refractivity contribution in [1.82, 2.24) is 15.0 Å². The number of nitrogens with zero attached hydrogens (tertiary/aromatic N) is 3. The van der Waals surface area contributed by atoms with Crippen LogP contribution in [0, 0.1) is 0 Å². The van der Waals surface area contributed by atoms with E-state index in [0.29, 0.717) is 31.7 Å². The maximum absolute atomic E-state index is 12.5. The Bertz CT molecular complexity index is 1170. The van der Waals surface area contributed by atoms with Crippen molar-refractivity contribution < 1.29 is 41.9 Å². The third-order valence-electron chi connectivity index (χ3n) is 6.63. The molecule has 1 atom stereocenters. The summed E-state index contributed by atoms with van der Waals surface area (Å²) in [4.78, 5) is 35.3. The van der Waals surface area contributed by atoms with Crippen molar-refractivity contribution in [2.75, 3.05) is 68.3 Å². The molecule has 0 aliphatic carbocycles. The molecule has 1 amide bonds. The molecule has 0 radical (unpaired) electrons. The van der Waals surface area contributed by atoms with E-state index < -0.39 is 23.0 Å². The van der Waals surface area contributed by atoms with Gasteiger partial charge in [0.25, 0.3) is 0 Å². The van der Waals surface area contributed by atoms with Crippen LogP contribution >= 0.6 is 23.0 Å². The van der Waals surface area contributed by atoms with Crippen molar-refractivity contribution in [3.8, 4) is 11.5 Å². The summed E-state index contributed by atoms with van der Waals surface area (Å²) in [5.74, 6) is 1.34. The van der Waals surface area contributed by atoms with Crippen molar-refractivity contribution in [1.29, 1.82) is 0 Å². The second-order valence-corrected chi connectivity index (χ2v) is 17.3. The molecule has 17 heteroatoms. The van der Waals surface area contributed by atoms with E-state index in [1.165, 1.54) is 28.4 Å². The van der Waals surface area contributed by atoms with Gasteiger partial charge >= 0.3 is 168 Å². The molecule has 2 aromatic rings. The molecular weight excluding hydrogens is 649 g/mol. The Balaban J connectivity index is 1.77. The van der Waals surface area contributed by atoms with Gasteiger partial charge in [-0.3, -0.25) is 0 Å². The molecule has 0 saturated carbocycles. The van der Waals surface area contributed by atoms with Crippen LogP contribution in [0.4, 0.5) is 0 Å². The third-order valence-corrected chi connectivity index (χ3v) is 13.0. The van der Waals surface area contributed by atoms with Gasteiger partial charge in [0, 0.05) is 7.05 Å². The van der Waals surface area contributed by atoms with Gasteiger partial charge in [-0.15, -0.1) is 0 Å². The summed E-state index contributed by atoms with van der Waals surface area (Å²) in [6.07, 6.45) is 3.24. The number of carbonyl (C=O) groups excluding carboxylic acids is 1. The van der Waals surface area contributed by atoms with Crippen LogP contribution in [0.5, 0.6) is 11.5 Å². The van der Waals surface area contributed by atoms with Gasteiger partial charge in [0.1, 0.15) is 11.5 Å². The first-order valence-electron chi connectivity index (χ1n) is 13.9.